The average Bonchev–Trinajstić information content (AvgIpc) is 2.79. The number of ether oxygens (including phenoxy) is 1. The van der Waals surface area contributed by atoms with Crippen LogP contribution < -0.4 is 21.7 Å². The van der Waals surface area contributed by atoms with Gasteiger partial charge >= 0.3 is 24.0 Å². The molecule has 2 amide bonds. The second kappa shape index (κ2) is 18.1. The summed E-state index contributed by atoms with van der Waals surface area (Å²) in [5.41, 5.74) is 5.44. The second-order valence-corrected chi connectivity index (χ2v) is 8.39. The van der Waals surface area contributed by atoms with E-state index in [0.29, 0.717) is 19.4 Å². The van der Waals surface area contributed by atoms with E-state index in [1.807, 2.05) is 0 Å². The van der Waals surface area contributed by atoms with Crippen LogP contribution in [0.25, 0.3) is 0 Å². The van der Waals surface area contributed by atoms with Crippen LogP contribution in [0, 0.1) is 0 Å². The van der Waals surface area contributed by atoms with Crippen molar-refractivity contribution in [3.05, 3.63) is 0 Å². The number of hydrogen-bond donors (Lipinski definition) is 7. The predicted octanol–water partition coefficient (Wildman–Crippen LogP) is -0.167. The zero-order valence-electron chi connectivity index (χ0n) is 20.6. The van der Waals surface area contributed by atoms with Gasteiger partial charge in [-0.15, -0.1) is 0 Å². The third kappa shape index (κ3) is 14.2. The van der Waals surface area contributed by atoms with E-state index in [4.69, 9.17) is 20.7 Å². The number of carbonyl (C=O) groups excluding carboxylic acids is 3. The summed E-state index contributed by atoms with van der Waals surface area (Å²) >= 11 is 0. The third-order valence-corrected chi connectivity index (χ3v) is 5.30. The minimum absolute atomic E-state index is 0.000874. The maximum atomic E-state index is 12.5. The van der Waals surface area contributed by atoms with Crippen molar-refractivity contribution in [2.75, 3.05) is 6.54 Å². The smallest absolute Gasteiger partial charge is 0.408 e. The quantitative estimate of drug-likeness (QED) is 0.0822. The fourth-order valence-corrected chi connectivity index (χ4v) is 3.14. The molecule has 0 spiro atoms. The minimum atomic E-state index is -1.30. The summed E-state index contributed by atoms with van der Waals surface area (Å²) in [6, 6.07) is -4.92. The maximum absolute atomic E-state index is 12.5. The van der Waals surface area contributed by atoms with Gasteiger partial charge in [0.2, 0.25) is 5.91 Å². The molecule has 0 saturated carbocycles. The number of carboxylic acids is 3. The van der Waals surface area contributed by atoms with Gasteiger partial charge in [0.25, 0.3) is 0 Å². The number of unbranched alkanes of at least 4 members (excludes halogenated alkanes) is 4. The molecule has 36 heavy (non-hydrogen) atoms. The van der Waals surface area contributed by atoms with Gasteiger partial charge in [-0.1, -0.05) is 12.8 Å². The van der Waals surface area contributed by atoms with Crippen LogP contribution in [0.15, 0.2) is 0 Å². The van der Waals surface area contributed by atoms with Gasteiger partial charge in [0.1, 0.15) is 36.6 Å². The lowest BCUT2D eigenvalue weighted by Crippen LogP contribution is -2.53. The molecule has 0 saturated heterocycles. The summed E-state index contributed by atoms with van der Waals surface area (Å²) in [7, 11) is 0. The monoisotopic (exact) mass is 518 g/mol. The summed E-state index contributed by atoms with van der Waals surface area (Å²) in [6.45, 7) is 2.93. The van der Waals surface area contributed by atoms with Crippen molar-refractivity contribution in [3.63, 3.8) is 0 Å². The van der Waals surface area contributed by atoms with Crippen LogP contribution in [0.4, 0.5) is 4.79 Å². The number of nitrogens with two attached hydrogens (primary N) is 1. The van der Waals surface area contributed by atoms with E-state index in [0.717, 1.165) is 25.5 Å². The molecule has 5 atom stereocenters. The molecule has 0 aromatic carbocycles. The Hall–Kier alpha value is -3.26. The summed E-state index contributed by atoms with van der Waals surface area (Å²) in [6.07, 6.45) is 2.19. The Labute approximate surface area is 209 Å². The molecule has 14 heteroatoms. The van der Waals surface area contributed by atoms with Crippen molar-refractivity contribution < 1.29 is 48.8 Å². The van der Waals surface area contributed by atoms with Crippen LogP contribution in [0.3, 0.4) is 0 Å². The zero-order valence-corrected chi connectivity index (χ0v) is 20.6. The maximum Gasteiger partial charge on any atom is 0.408 e. The molecule has 0 aromatic rings. The van der Waals surface area contributed by atoms with Crippen LogP contribution in [0.2, 0.25) is 0 Å². The van der Waals surface area contributed by atoms with E-state index < -0.39 is 60.2 Å². The number of rotatable bonds is 20. The van der Waals surface area contributed by atoms with Gasteiger partial charge in [-0.3, -0.25) is 19.2 Å². The zero-order chi connectivity index (χ0) is 27.7. The van der Waals surface area contributed by atoms with Gasteiger partial charge in [-0.2, -0.15) is 0 Å². The number of alkyl carbamates (subject to hydrolysis) is 1. The van der Waals surface area contributed by atoms with E-state index in [2.05, 4.69) is 16.0 Å². The van der Waals surface area contributed by atoms with Crippen molar-refractivity contribution >= 4 is 36.2 Å². The highest BCUT2D eigenvalue weighted by Gasteiger charge is 2.30. The number of amides is 2. The molecule has 0 radical (unpaired) electrons. The number of aldehydes is 1. The lowest BCUT2D eigenvalue weighted by molar-refractivity contribution is -0.142. The number of hydrogen-bond acceptors (Lipinski definition) is 9. The highest BCUT2D eigenvalue weighted by molar-refractivity contribution is 5.89. The van der Waals surface area contributed by atoms with E-state index >= 15 is 0 Å². The number of carbonyl (C=O) groups is 6. The molecule has 0 aromatic heterocycles. The summed E-state index contributed by atoms with van der Waals surface area (Å²) < 4.78 is 5.14. The van der Waals surface area contributed by atoms with E-state index in [1.54, 1.807) is 0 Å². The number of nitrogens with one attached hydrogen (secondary N) is 3. The van der Waals surface area contributed by atoms with Gasteiger partial charge in [0, 0.05) is 6.42 Å². The van der Waals surface area contributed by atoms with Crippen LogP contribution in [0.1, 0.15) is 65.2 Å². The fourth-order valence-electron chi connectivity index (χ4n) is 3.14. The highest BCUT2D eigenvalue weighted by atomic mass is 16.6. The SMILES string of the molecule is C[C@@H](NC(=O)[C@H](CCCC(N)C(=O)O)NC(=O)O[C@H](C)[C@@H](NCCCCCCC=O)C(=O)O)C(=O)O. The molecule has 0 aliphatic carbocycles. The number of carboxylic acid groups (broad SMARTS) is 3. The lowest BCUT2D eigenvalue weighted by Gasteiger charge is -2.24. The van der Waals surface area contributed by atoms with Crippen molar-refractivity contribution in [1.29, 1.82) is 0 Å². The molecular formula is C22H38N4O10. The molecule has 0 aliphatic heterocycles. The molecule has 0 heterocycles. The summed E-state index contributed by atoms with van der Waals surface area (Å²) in [5, 5.41) is 34.6. The summed E-state index contributed by atoms with van der Waals surface area (Å²) in [4.78, 5) is 68.7. The van der Waals surface area contributed by atoms with Crippen molar-refractivity contribution in [3.8, 4) is 0 Å². The topological polar surface area (TPSA) is 234 Å². The Bertz CT molecular complexity index is 748. The van der Waals surface area contributed by atoms with Crippen LogP contribution in [-0.4, -0.2) is 88.3 Å². The predicted molar refractivity (Wildman–Crippen MR) is 126 cm³/mol. The van der Waals surface area contributed by atoms with Crippen molar-refractivity contribution in [2.45, 2.75) is 95.5 Å². The Morgan fingerprint density at radius 3 is 2.06 bits per heavy atom. The number of aliphatic carboxylic acids is 3. The van der Waals surface area contributed by atoms with E-state index in [-0.39, 0.29) is 19.3 Å². The minimum Gasteiger partial charge on any atom is -0.480 e. The standard InChI is InChI=1S/C22H38N4O10/c1-13(19(29)30)25-18(28)16(10-8-9-15(23)20(31)32)26-22(35)36-14(2)17(21(33)34)24-11-6-4-3-5-7-12-27/h12-17,24H,3-11,23H2,1-2H3,(H,25,28)(H,26,35)(H,29,30)(H,31,32)(H,33,34)/t13-,14-,15?,16+,17-/m1/s1. The first-order valence-corrected chi connectivity index (χ1v) is 11.8. The Morgan fingerprint density at radius 1 is 0.861 bits per heavy atom. The van der Waals surface area contributed by atoms with Gasteiger partial charge in [0.05, 0.1) is 0 Å². The molecular weight excluding hydrogens is 480 g/mol. The third-order valence-electron chi connectivity index (χ3n) is 5.30. The van der Waals surface area contributed by atoms with Gasteiger partial charge < -0.3 is 46.5 Å². The normalized spacial score (nSPS) is 15.0. The molecule has 0 fully saturated rings. The van der Waals surface area contributed by atoms with Crippen LogP contribution in [-0.2, 0) is 28.7 Å². The first kappa shape index (κ1) is 32.7. The lowest BCUT2D eigenvalue weighted by atomic mass is 10.0. The largest absolute Gasteiger partial charge is 0.480 e. The molecule has 1 unspecified atom stereocenters. The Kier molecular flexibility index (Phi) is 16.4. The second-order valence-electron chi connectivity index (χ2n) is 8.39. The van der Waals surface area contributed by atoms with E-state index in [9.17, 15) is 33.9 Å². The molecule has 8 N–H and O–H groups in total. The fraction of sp³-hybridized carbons (Fsp3) is 0.727. The van der Waals surface area contributed by atoms with Gasteiger partial charge in [0.15, 0.2) is 0 Å². The van der Waals surface area contributed by atoms with Crippen LogP contribution >= 0.6 is 0 Å². The molecule has 0 aliphatic rings. The molecule has 14 nitrogen and oxygen atoms in total. The first-order valence-electron chi connectivity index (χ1n) is 11.8. The average molecular weight is 519 g/mol. The highest BCUT2D eigenvalue weighted by Crippen LogP contribution is 2.08. The van der Waals surface area contributed by atoms with Crippen molar-refractivity contribution in [2.24, 2.45) is 5.73 Å². The molecule has 0 bridgehead atoms. The van der Waals surface area contributed by atoms with Gasteiger partial charge in [-0.25, -0.2) is 4.79 Å². The molecule has 0 rings (SSSR count). The Balaban J connectivity index is 4.97. The Morgan fingerprint density at radius 2 is 1.50 bits per heavy atom. The van der Waals surface area contributed by atoms with Gasteiger partial charge in [-0.05, 0) is 52.5 Å². The first-order chi connectivity index (χ1) is 16.9. The molecule has 206 valence electrons. The summed E-state index contributed by atoms with van der Waals surface area (Å²) in [5.74, 6) is -4.61. The van der Waals surface area contributed by atoms with E-state index in [1.165, 1.54) is 13.8 Å². The van der Waals surface area contributed by atoms with Crippen molar-refractivity contribution in [1.82, 2.24) is 16.0 Å². The van der Waals surface area contributed by atoms with Crippen LogP contribution in [0.5, 0.6) is 0 Å².